The predicted molar refractivity (Wildman–Crippen MR) is 109 cm³/mol. The molecule has 7 heteroatoms. The van der Waals surface area contributed by atoms with Gasteiger partial charge in [-0.05, 0) is 23.8 Å². The van der Waals surface area contributed by atoms with Crippen molar-refractivity contribution in [1.29, 1.82) is 0 Å². The Balaban J connectivity index is 1.57. The average molecular weight is 391 g/mol. The second-order valence-corrected chi connectivity index (χ2v) is 7.59. The summed E-state index contributed by atoms with van der Waals surface area (Å²) in [6, 6.07) is 15.5. The smallest absolute Gasteiger partial charge is 0.255 e. The van der Waals surface area contributed by atoms with Crippen LogP contribution < -0.4 is 0 Å². The molecule has 3 aromatic rings. The molecule has 3 heterocycles. The van der Waals surface area contributed by atoms with Crippen molar-refractivity contribution < 1.29 is 9.90 Å². The molecule has 29 heavy (non-hydrogen) atoms. The van der Waals surface area contributed by atoms with E-state index in [4.69, 9.17) is 0 Å². The average Bonchev–Trinajstić information content (AvgIpc) is 3.18. The lowest BCUT2D eigenvalue weighted by Gasteiger charge is -2.33. The number of hydrogen-bond acceptors (Lipinski definition) is 5. The van der Waals surface area contributed by atoms with E-state index in [0.717, 1.165) is 6.54 Å². The summed E-state index contributed by atoms with van der Waals surface area (Å²) >= 11 is 0. The Morgan fingerprint density at radius 1 is 1.03 bits per heavy atom. The number of carbonyl (C=O) groups excluding carboxylic acids is 1. The van der Waals surface area contributed by atoms with E-state index in [1.165, 1.54) is 5.56 Å². The highest BCUT2D eigenvalue weighted by molar-refractivity contribution is 5.94. The van der Waals surface area contributed by atoms with Gasteiger partial charge in [-0.3, -0.25) is 19.4 Å². The molecule has 0 saturated carbocycles. The SMILES string of the molecule is O=C(c1cccnc1)N1CCN(Cc2ccccc2)C[C@@](O)(Cn2cccn2)C1. The summed E-state index contributed by atoms with van der Waals surface area (Å²) in [5.74, 6) is -0.112. The van der Waals surface area contributed by atoms with Crippen LogP contribution in [0.3, 0.4) is 0 Å². The maximum Gasteiger partial charge on any atom is 0.255 e. The predicted octanol–water partition coefficient (Wildman–Crippen LogP) is 1.67. The molecule has 0 unspecified atom stereocenters. The molecule has 1 aliphatic rings. The lowest BCUT2D eigenvalue weighted by atomic mass is 10.0. The quantitative estimate of drug-likeness (QED) is 0.716. The summed E-state index contributed by atoms with van der Waals surface area (Å²) in [5.41, 5.74) is 0.598. The summed E-state index contributed by atoms with van der Waals surface area (Å²) in [7, 11) is 0. The van der Waals surface area contributed by atoms with E-state index in [1.54, 1.807) is 40.3 Å². The van der Waals surface area contributed by atoms with Crippen molar-refractivity contribution in [3.63, 3.8) is 0 Å². The van der Waals surface area contributed by atoms with Crippen LogP contribution in [0.2, 0.25) is 0 Å². The van der Waals surface area contributed by atoms with E-state index in [-0.39, 0.29) is 12.5 Å². The van der Waals surface area contributed by atoms with Crippen LogP contribution >= 0.6 is 0 Å². The summed E-state index contributed by atoms with van der Waals surface area (Å²) in [4.78, 5) is 21.0. The van der Waals surface area contributed by atoms with Gasteiger partial charge < -0.3 is 10.0 Å². The van der Waals surface area contributed by atoms with Crippen LogP contribution in [0.25, 0.3) is 0 Å². The molecule has 0 aliphatic carbocycles. The molecule has 150 valence electrons. The number of rotatable bonds is 5. The molecule has 7 nitrogen and oxygen atoms in total. The largest absolute Gasteiger partial charge is 0.385 e. The Hall–Kier alpha value is -3.03. The molecule has 1 N–H and O–H groups in total. The van der Waals surface area contributed by atoms with Crippen LogP contribution in [0.15, 0.2) is 73.3 Å². The Morgan fingerprint density at radius 3 is 2.62 bits per heavy atom. The molecule has 0 bridgehead atoms. The molecule has 1 amide bonds. The molecular weight excluding hydrogens is 366 g/mol. The van der Waals surface area contributed by atoms with Crippen LogP contribution in [0.4, 0.5) is 0 Å². The second kappa shape index (κ2) is 8.55. The molecule has 1 aliphatic heterocycles. The van der Waals surface area contributed by atoms with E-state index >= 15 is 0 Å². The number of aliphatic hydroxyl groups is 1. The number of aromatic nitrogens is 3. The number of pyridine rings is 1. The third kappa shape index (κ3) is 4.88. The van der Waals surface area contributed by atoms with Gasteiger partial charge in [0.15, 0.2) is 0 Å². The third-order valence-corrected chi connectivity index (χ3v) is 5.15. The van der Waals surface area contributed by atoms with Gasteiger partial charge >= 0.3 is 0 Å². The zero-order valence-electron chi connectivity index (χ0n) is 16.3. The van der Waals surface area contributed by atoms with Crippen LogP contribution in [0, 0.1) is 0 Å². The van der Waals surface area contributed by atoms with Crippen molar-refractivity contribution in [2.45, 2.75) is 18.7 Å². The Morgan fingerprint density at radius 2 is 1.90 bits per heavy atom. The number of amides is 1. The second-order valence-electron chi connectivity index (χ2n) is 7.59. The third-order valence-electron chi connectivity index (χ3n) is 5.15. The van der Waals surface area contributed by atoms with Crippen molar-refractivity contribution in [1.82, 2.24) is 24.6 Å². The highest BCUT2D eigenvalue weighted by Crippen LogP contribution is 2.20. The van der Waals surface area contributed by atoms with Gasteiger partial charge in [0.2, 0.25) is 0 Å². The fourth-order valence-corrected chi connectivity index (χ4v) is 3.86. The molecule has 1 atom stereocenters. The van der Waals surface area contributed by atoms with Crippen molar-refractivity contribution in [3.05, 3.63) is 84.4 Å². The van der Waals surface area contributed by atoms with E-state index in [0.29, 0.717) is 31.7 Å². The van der Waals surface area contributed by atoms with Gasteiger partial charge in [-0.15, -0.1) is 0 Å². The number of benzene rings is 1. The summed E-state index contributed by atoms with van der Waals surface area (Å²) < 4.78 is 1.72. The first-order chi connectivity index (χ1) is 14.1. The number of β-amino-alcohol motifs (C(OH)–C–C–N with tert-alkyl or cyclic N) is 1. The number of carbonyl (C=O) groups is 1. The normalized spacial score (nSPS) is 20.4. The Kier molecular flexibility index (Phi) is 5.69. The summed E-state index contributed by atoms with van der Waals surface area (Å²) in [6.45, 7) is 2.97. The van der Waals surface area contributed by atoms with E-state index in [2.05, 4.69) is 27.1 Å². The molecule has 1 saturated heterocycles. The maximum atomic E-state index is 13.0. The van der Waals surface area contributed by atoms with E-state index in [9.17, 15) is 9.90 Å². The zero-order chi connectivity index (χ0) is 20.1. The first-order valence-corrected chi connectivity index (χ1v) is 9.77. The topological polar surface area (TPSA) is 74.5 Å². The van der Waals surface area contributed by atoms with E-state index < -0.39 is 5.60 Å². The standard InChI is InChI=1S/C22H25N5O2/c28-21(20-8-4-9-23-14-20)26-13-12-25(15-19-6-2-1-3-7-19)16-22(29,17-26)18-27-11-5-10-24-27/h1-11,14,29H,12-13,15-18H2/t22-/m0/s1. The number of hydrogen-bond donors (Lipinski definition) is 1. The van der Waals surface area contributed by atoms with Gasteiger partial charge in [-0.25, -0.2) is 0 Å². The summed E-state index contributed by atoms with van der Waals surface area (Å²) in [5, 5.41) is 15.8. The monoisotopic (exact) mass is 391 g/mol. The van der Waals surface area contributed by atoms with E-state index in [1.807, 2.05) is 30.5 Å². The van der Waals surface area contributed by atoms with Crippen LogP contribution in [-0.4, -0.2) is 67.4 Å². The summed E-state index contributed by atoms with van der Waals surface area (Å²) in [6.07, 6.45) is 6.74. The van der Waals surface area contributed by atoms with Gasteiger partial charge in [-0.1, -0.05) is 30.3 Å². The minimum Gasteiger partial charge on any atom is -0.385 e. The molecule has 1 aromatic carbocycles. The van der Waals surface area contributed by atoms with Gasteiger partial charge in [-0.2, -0.15) is 5.10 Å². The van der Waals surface area contributed by atoms with Gasteiger partial charge in [0, 0.05) is 51.0 Å². The van der Waals surface area contributed by atoms with Crippen LogP contribution in [0.5, 0.6) is 0 Å². The fraction of sp³-hybridized carbons (Fsp3) is 0.318. The minimum absolute atomic E-state index is 0.112. The first-order valence-electron chi connectivity index (χ1n) is 9.77. The van der Waals surface area contributed by atoms with Crippen LogP contribution in [0.1, 0.15) is 15.9 Å². The minimum atomic E-state index is -1.12. The maximum absolute atomic E-state index is 13.0. The van der Waals surface area contributed by atoms with Crippen LogP contribution in [-0.2, 0) is 13.1 Å². The Bertz CT molecular complexity index is 917. The molecule has 0 radical (unpaired) electrons. The lowest BCUT2D eigenvalue weighted by molar-refractivity contribution is -0.0184. The van der Waals surface area contributed by atoms with Gasteiger partial charge in [0.1, 0.15) is 5.60 Å². The molecule has 1 fully saturated rings. The van der Waals surface area contributed by atoms with Gasteiger partial charge in [0.05, 0.1) is 18.7 Å². The molecular formula is C22H25N5O2. The zero-order valence-corrected chi connectivity index (χ0v) is 16.3. The highest BCUT2D eigenvalue weighted by Gasteiger charge is 2.37. The number of nitrogens with zero attached hydrogens (tertiary/aromatic N) is 5. The molecule has 0 spiro atoms. The highest BCUT2D eigenvalue weighted by atomic mass is 16.3. The Labute approximate surface area is 170 Å². The van der Waals surface area contributed by atoms with Gasteiger partial charge in [0.25, 0.3) is 5.91 Å². The lowest BCUT2D eigenvalue weighted by Crippen LogP contribution is -2.51. The fourth-order valence-electron chi connectivity index (χ4n) is 3.86. The van der Waals surface area contributed by atoms with Crippen molar-refractivity contribution in [2.24, 2.45) is 0 Å². The molecule has 2 aromatic heterocycles. The molecule has 4 rings (SSSR count). The van der Waals surface area contributed by atoms with Crippen molar-refractivity contribution in [2.75, 3.05) is 26.2 Å². The first kappa shape index (κ1) is 19.3. The van der Waals surface area contributed by atoms with Crippen molar-refractivity contribution >= 4 is 5.91 Å². The van der Waals surface area contributed by atoms with Crippen molar-refractivity contribution in [3.8, 4) is 0 Å².